The average Bonchev–Trinajstić information content (AvgIpc) is 2.26. The Bertz CT molecular complexity index is 370. The minimum absolute atomic E-state index is 0.0630. The third kappa shape index (κ3) is 3.91. The van der Waals surface area contributed by atoms with E-state index in [0.29, 0.717) is 6.54 Å². The second-order valence-corrected chi connectivity index (χ2v) is 5.94. The van der Waals surface area contributed by atoms with Crippen LogP contribution in [-0.2, 0) is 15.0 Å². The molecule has 1 rings (SSSR count). The fraction of sp³-hybridized carbons (Fsp3) is 0.889. The van der Waals surface area contributed by atoms with Crippen molar-refractivity contribution in [2.75, 3.05) is 13.1 Å². The number of primary amides is 1. The monoisotopic (exact) mass is 265 g/mol. The van der Waals surface area contributed by atoms with Crippen LogP contribution in [0.15, 0.2) is 0 Å². The van der Waals surface area contributed by atoms with Gasteiger partial charge in [-0.2, -0.15) is 17.4 Å². The van der Waals surface area contributed by atoms with E-state index in [9.17, 15) is 13.2 Å². The highest BCUT2D eigenvalue weighted by Crippen LogP contribution is 2.18. The van der Waals surface area contributed by atoms with Gasteiger partial charge in [0.15, 0.2) is 0 Å². The Hall–Kier alpha value is -0.700. The van der Waals surface area contributed by atoms with Gasteiger partial charge in [-0.15, -0.1) is 0 Å². The number of carbonyl (C=O) groups excluding carboxylic acids is 1. The maximum Gasteiger partial charge on any atom is 0.279 e. The summed E-state index contributed by atoms with van der Waals surface area (Å²) in [5, 5.41) is 9.13. The Labute approximate surface area is 101 Å². The summed E-state index contributed by atoms with van der Waals surface area (Å²) in [4.78, 5) is 10.6. The molecule has 0 aromatic carbocycles. The highest BCUT2D eigenvalue weighted by Gasteiger charge is 2.29. The van der Waals surface area contributed by atoms with Crippen LogP contribution in [0.5, 0.6) is 0 Å². The lowest BCUT2D eigenvalue weighted by atomic mass is 10.1. The number of nitrogens with zero attached hydrogens (tertiary/aromatic N) is 1. The Morgan fingerprint density at radius 2 is 2.24 bits per heavy atom. The lowest BCUT2D eigenvalue weighted by molar-refractivity contribution is -0.125. The average molecular weight is 265 g/mol. The summed E-state index contributed by atoms with van der Waals surface area (Å²) < 4.78 is 27.3. The van der Waals surface area contributed by atoms with Crippen molar-refractivity contribution in [1.29, 1.82) is 0 Å². The molecule has 4 N–H and O–H groups in total. The number of aliphatic hydroxyl groups excluding tert-OH is 1. The lowest BCUT2D eigenvalue weighted by Crippen LogP contribution is -2.50. The van der Waals surface area contributed by atoms with E-state index < -0.39 is 22.2 Å². The SMILES string of the molecule is CC1CCCCN1S(=O)(=O)NCC(O)C(N)=O. The van der Waals surface area contributed by atoms with Gasteiger partial charge in [0.25, 0.3) is 10.2 Å². The zero-order chi connectivity index (χ0) is 13.1. The summed E-state index contributed by atoms with van der Waals surface area (Å²) in [6.07, 6.45) is 1.16. The molecule has 1 heterocycles. The first kappa shape index (κ1) is 14.4. The molecule has 0 aromatic heterocycles. The largest absolute Gasteiger partial charge is 0.382 e. The molecule has 1 aliphatic heterocycles. The van der Waals surface area contributed by atoms with Crippen molar-refractivity contribution in [3.05, 3.63) is 0 Å². The van der Waals surface area contributed by atoms with Crippen LogP contribution in [0.25, 0.3) is 0 Å². The van der Waals surface area contributed by atoms with Gasteiger partial charge in [0.05, 0.1) is 0 Å². The molecule has 1 amide bonds. The highest BCUT2D eigenvalue weighted by atomic mass is 32.2. The third-order valence-corrected chi connectivity index (χ3v) is 4.53. The number of rotatable bonds is 5. The van der Waals surface area contributed by atoms with Crippen LogP contribution in [0.4, 0.5) is 0 Å². The molecule has 1 fully saturated rings. The molecule has 2 unspecified atom stereocenters. The van der Waals surface area contributed by atoms with Gasteiger partial charge in [0.2, 0.25) is 5.91 Å². The molecule has 1 aliphatic rings. The second kappa shape index (κ2) is 5.76. The zero-order valence-corrected chi connectivity index (χ0v) is 10.6. The summed E-state index contributed by atoms with van der Waals surface area (Å²) in [6.45, 7) is 1.91. The molecule has 0 bridgehead atoms. The predicted molar refractivity (Wildman–Crippen MR) is 62.1 cm³/mol. The van der Waals surface area contributed by atoms with Crippen LogP contribution >= 0.6 is 0 Å². The van der Waals surface area contributed by atoms with E-state index in [1.807, 2.05) is 6.92 Å². The summed E-state index contributed by atoms with van der Waals surface area (Å²) >= 11 is 0. The van der Waals surface area contributed by atoms with E-state index in [-0.39, 0.29) is 12.6 Å². The van der Waals surface area contributed by atoms with E-state index in [1.54, 1.807) is 0 Å². The number of hydrogen-bond donors (Lipinski definition) is 3. The van der Waals surface area contributed by atoms with Gasteiger partial charge in [-0.05, 0) is 19.8 Å². The van der Waals surface area contributed by atoms with Gasteiger partial charge in [0, 0.05) is 19.1 Å². The molecule has 1 saturated heterocycles. The molecular formula is C9H19N3O4S. The molecule has 0 saturated carbocycles. The van der Waals surface area contributed by atoms with E-state index in [4.69, 9.17) is 10.8 Å². The quantitative estimate of drug-likeness (QED) is 0.564. The van der Waals surface area contributed by atoms with Crippen molar-refractivity contribution < 1.29 is 18.3 Å². The van der Waals surface area contributed by atoms with Crippen LogP contribution in [0.3, 0.4) is 0 Å². The summed E-state index contributed by atoms with van der Waals surface area (Å²) in [5.41, 5.74) is 4.83. The van der Waals surface area contributed by atoms with Crippen molar-refractivity contribution in [1.82, 2.24) is 9.03 Å². The second-order valence-electron chi connectivity index (χ2n) is 4.23. The third-order valence-electron chi connectivity index (χ3n) is 2.84. The molecule has 100 valence electrons. The minimum Gasteiger partial charge on any atom is -0.382 e. The Kier molecular flexibility index (Phi) is 4.87. The molecular weight excluding hydrogens is 246 g/mol. The normalized spacial score (nSPS) is 24.5. The predicted octanol–water partition coefficient (Wildman–Crippen LogP) is -1.46. The number of piperidine rings is 1. The lowest BCUT2D eigenvalue weighted by Gasteiger charge is -2.32. The Morgan fingerprint density at radius 3 is 2.76 bits per heavy atom. The summed E-state index contributed by atoms with van der Waals surface area (Å²) in [7, 11) is -3.65. The van der Waals surface area contributed by atoms with Crippen molar-refractivity contribution in [3.63, 3.8) is 0 Å². The summed E-state index contributed by atoms with van der Waals surface area (Å²) in [6, 6.07) is -0.0630. The van der Waals surface area contributed by atoms with E-state index >= 15 is 0 Å². The van der Waals surface area contributed by atoms with Gasteiger partial charge in [-0.1, -0.05) is 6.42 Å². The van der Waals surface area contributed by atoms with E-state index in [2.05, 4.69) is 4.72 Å². The molecule has 0 aliphatic carbocycles. The zero-order valence-electron chi connectivity index (χ0n) is 9.80. The van der Waals surface area contributed by atoms with Crippen molar-refractivity contribution >= 4 is 16.1 Å². The van der Waals surface area contributed by atoms with Crippen LogP contribution in [0.2, 0.25) is 0 Å². The number of carbonyl (C=O) groups is 1. The molecule has 0 aromatic rings. The molecule has 0 spiro atoms. The number of aliphatic hydroxyl groups is 1. The van der Waals surface area contributed by atoms with Crippen molar-refractivity contribution in [2.24, 2.45) is 5.73 Å². The van der Waals surface area contributed by atoms with Gasteiger partial charge < -0.3 is 10.8 Å². The van der Waals surface area contributed by atoms with Crippen LogP contribution in [0, 0.1) is 0 Å². The number of hydrogen-bond acceptors (Lipinski definition) is 4. The molecule has 17 heavy (non-hydrogen) atoms. The molecule has 7 nitrogen and oxygen atoms in total. The first-order chi connectivity index (χ1) is 7.84. The summed E-state index contributed by atoms with van der Waals surface area (Å²) in [5.74, 6) is -0.945. The van der Waals surface area contributed by atoms with Gasteiger partial charge >= 0.3 is 0 Å². The molecule has 0 radical (unpaired) electrons. The molecule has 8 heteroatoms. The number of amides is 1. The van der Waals surface area contributed by atoms with Gasteiger partial charge in [-0.3, -0.25) is 4.79 Å². The van der Waals surface area contributed by atoms with E-state index in [1.165, 1.54) is 4.31 Å². The van der Waals surface area contributed by atoms with Gasteiger partial charge in [0.1, 0.15) is 6.10 Å². The first-order valence-electron chi connectivity index (χ1n) is 5.58. The Morgan fingerprint density at radius 1 is 1.59 bits per heavy atom. The number of nitrogens with two attached hydrogens (primary N) is 1. The molecule has 2 atom stereocenters. The fourth-order valence-corrected chi connectivity index (χ4v) is 3.28. The topological polar surface area (TPSA) is 113 Å². The van der Waals surface area contributed by atoms with Crippen LogP contribution in [0.1, 0.15) is 26.2 Å². The Balaban J connectivity index is 2.58. The smallest absolute Gasteiger partial charge is 0.279 e. The van der Waals surface area contributed by atoms with Crippen LogP contribution in [-0.4, -0.2) is 49.0 Å². The van der Waals surface area contributed by atoms with Crippen molar-refractivity contribution in [2.45, 2.75) is 38.3 Å². The first-order valence-corrected chi connectivity index (χ1v) is 7.02. The number of nitrogens with one attached hydrogen (secondary N) is 1. The van der Waals surface area contributed by atoms with Crippen molar-refractivity contribution in [3.8, 4) is 0 Å². The van der Waals surface area contributed by atoms with E-state index in [0.717, 1.165) is 19.3 Å². The van der Waals surface area contributed by atoms with Gasteiger partial charge in [-0.25, -0.2) is 0 Å². The fourth-order valence-electron chi connectivity index (χ4n) is 1.80. The van der Waals surface area contributed by atoms with Crippen LogP contribution < -0.4 is 10.5 Å². The maximum absolute atomic E-state index is 11.9. The standard InChI is InChI=1S/C9H19N3O4S/c1-7-4-2-3-5-12(7)17(15,16)11-6-8(13)9(10)14/h7-8,11,13H,2-6H2,1H3,(H2,10,14). The minimum atomic E-state index is -3.65. The highest BCUT2D eigenvalue weighted by molar-refractivity contribution is 7.87. The maximum atomic E-state index is 11.9.